The third kappa shape index (κ3) is 3.46. The molecule has 7 nitrogen and oxygen atoms in total. The van der Waals surface area contributed by atoms with Gasteiger partial charge in [0, 0.05) is 11.8 Å². The Kier molecular flexibility index (Phi) is 4.61. The molecule has 0 atom stereocenters. The molecule has 0 aliphatic rings. The summed E-state index contributed by atoms with van der Waals surface area (Å²) in [6.45, 7) is 0. The van der Waals surface area contributed by atoms with E-state index >= 15 is 0 Å². The average Bonchev–Trinajstić information content (AvgIpc) is 2.54. The second-order valence-corrected chi connectivity index (χ2v) is 4.53. The molecule has 2 aromatic carbocycles. The van der Waals surface area contributed by atoms with Crippen LogP contribution >= 0.6 is 0 Å². The number of methoxy groups -OCH3 is 1. The van der Waals surface area contributed by atoms with Gasteiger partial charge in [-0.3, -0.25) is 4.79 Å². The molecule has 0 heterocycles. The first-order chi connectivity index (χ1) is 10.9. The van der Waals surface area contributed by atoms with E-state index in [9.17, 15) is 19.5 Å². The van der Waals surface area contributed by atoms with Crippen LogP contribution in [0.25, 0.3) is 0 Å². The number of hydrogen-bond acceptors (Lipinski definition) is 5. The van der Waals surface area contributed by atoms with Gasteiger partial charge in [0.1, 0.15) is 11.3 Å². The summed E-state index contributed by atoms with van der Waals surface area (Å²) >= 11 is 0. The lowest BCUT2D eigenvalue weighted by molar-refractivity contribution is 0.0596. The third-order valence-electron chi connectivity index (χ3n) is 3.06. The van der Waals surface area contributed by atoms with Crippen LogP contribution in [0.3, 0.4) is 0 Å². The van der Waals surface area contributed by atoms with Crippen LogP contribution in [0.15, 0.2) is 42.5 Å². The molecule has 0 aromatic heterocycles. The van der Waals surface area contributed by atoms with Crippen LogP contribution in [0, 0.1) is 0 Å². The lowest BCUT2D eigenvalue weighted by atomic mass is 10.1. The fraction of sp³-hybridized carbons (Fsp3) is 0.0625. The van der Waals surface area contributed by atoms with Crippen LogP contribution in [0.1, 0.15) is 31.1 Å². The maximum Gasteiger partial charge on any atom is 0.341 e. The smallest absolute Gasteiger partial charge is 0.341 e. The number of nitrogens with one attached hydrogen (secondary N) is 1. The van der Waals surface area contributed by atoms with E-state index in [1.807, 2.05) is 0 Å². The van der Waals surface area contributed by atoms with Gasteiger partial charge in [-0.15, -0.1) is 0 Å². The summed E-state index contributed by atoms with van der Waals surface area (Å²) in [5, 5.41) is 21.3. The van der Waals surface area contributed by atoms with Crippen LogP contribution in [0.5, 0.6) is 5.75 Å². The van der Waals surface area contributed by atoms with Crippen LogP contribution in [0.4, 0.5) is 5.69 Å². The van der Waals surface area contributed by atoms with Crippen LogP contribution in [-0.2, 0) is 4.74 Å². The zero-order valence-corrected chi connectivity index (χ0v) is 12.1. The fourth-order valence-corrected chi connectivity index (χ4v) is 1.96. The van der Waals surface area contributed by atoms with Crippen molar-refractivity contribution in [3.05, 3.63) is 59.2 Å². The predicted octanol–water partition coefficient (Wildman–Crippen LogP) is 2.13. The number of carbonyl (C=O) groups excluding carboxylic acids is 2. The second kappa shape index (κ2) is 6.61. The summed E-state index contributed by atoms with van der Waals surface area (Å²) in [6.07, 6.45) is 0. The zero-order valence-electron chi connectivity index (χ0n) is 12.1. The van der Waals surface area contributed by atoms with Crippen LogP contribution in [0.2, 0.25) is 0 Å². The summed E-state index contributed by atoms with van der Waals surface area (Å²) in [4.78, 5) is 34.7. The largest absolute Gasteiger partial charge is 0.507 e. The van der Waals surface area contributed by atoms with Crippen LogP contribution in [-0.4, -0.2) is 35.2 Å². The Morgan fingerprint density at radius 1 is 1.00 bits per heavy atom. The van der Waals surface area contributed by atoms with E-state index in [1.165, 1.54) is 43.5 Å². The first kappa shape index (κ1) is 16.0. The molecule has 23 heavy (non-hydrogen) atoms. The summed E-state index contributed by atoms with van der Waals surface area (Å²) in [7, 11) is 1.18. The van der Waals surface area contributed by atoms with Crippen molar-refractivity contribution in [1.82, 2.24) is 0 Å². The number of anilines is 1. The molecular formula is C16H13NO6. The Morgan fingerprint density at radius 3 is 2.22 bits per heavy atom. The molecule has 0 spiro atoms. The lowest BCUT2D eigenvalue weighted by Gasteiger charge is -2.09. The number of aromatic carboxylic acids is 1. The fourth-order valence-electron chi connectivity index (χ4n) is 1.96. The Labute approximate surface area is 131 Å². The third-order valence-corrected chi connectivity index (χ3v) is 3.06. The number of phenols is 1. The summed E-state index contributed by atoms with van der Waals surface area (Å²) < 4.78 is 4.50. The molecule has 0 fully saturated rings. The van der Waals surface area contributed by atoms with Gasteiger partial charge < -0.3 is 20.3 Å². The number of phenolic OH excluding ortho intramolecular Hbond substituents is 1. The minimum atomic E-state index is -1.22. The van der Waals surface area contributed by atoms with Crippen molar-refractivity contribution in [3.63, 3.8) is 0 Å². The van der Waals surface area contributed by atoms with Crippen molar-refractivity contribution in [2.45, 2.75) is 0 Å². The summed E-state index contributed by atoms with van der Waals surface area (Å²) in [5.74, 6) is -2.94. The van der Waals surface area contributed by atoms with E-state index in [-0.39, 0.29) is 28.1 Å². The molecule has 0 aliphatic carbocycles. The molecule has 7 heteroatoms. The molecule has 2 aromatic rings. The Balaban J connectivity index is 2.26. The normalized spacial score (nSPS) is 9.96. The number of esters is 1. The van der Waals surface area contributed by atoms with E-state index in [1.54, 1.807) is 6.07 Å². The zero-order chi connectivity index (χ0) is 17.0. The number of carboxylic acids is 1. The maximum atomic E-state index is 12.2. The Morgan fingerprint density at radius 2 is 1.65 bits per heavy atom. The molecule has 0 radical (unpaired) electrons. The maximum absolute atomic E-state index is 12.2. The number of carbonyl (C=O) groups is 3. The topological polar surface area (TPSA) is 113 Å². The van der Waals surface area contributed by atoms with Crippen molar-refractivity contribution in [1.29, 1.82) is 0 Å². The highest BCUT2D eigenvalue weighted by Crippen LogP contribution is 2.23. The number of aromatic hydroxyl groups is 1. The van der Waals surface area contributed by atoms with E-state index in [2.05, 4.69) is 10.1 Å². The van der Waals surface area contributed by atoms with Crippen LogP contribution < -0.4 is 5.32 Å². The van der Waals surface area contributed by atoms with Gasteiger partial charge >= 0.3 is 11.9 Å². The standard InChI is InChI=1S/C16H13NO6/c1-23-16(22)12-7-6-9(8-13(12)18)17-14(19)10-4-2-3-5-11(10)15(20)21/h2-8,18H,1H3,(H,17,19)(H,20,21). The van der Waals surface area contributed by atoms with E-state index in [0.717, 1.165) is 0 Å². The van der Waals surface area contributed by atoms with Gasteiger partial charge in [0.05, 0.1) is 18.2 Å². The van der Waals surface area contributed by atoms with Gasteiger partial charge in [0.2, 0.25) is 0 Å². The number of hydrogen-bond donors (Lipinski definition) is 3. The molecule has 1 amide bonds. The van der Waals surface area contributed by atoms with Gasteiger partial charge in [-0.25, -0.2) is 9.59 Å². The van der Waals surface area contributed by atoms with E-state index in [0.29, 0.717) is 0 Å². The minimum absolute atomic E-state index is 0.0171. The first-order valence-corrected chi connectivity index (χ1v) is 6.49. The molecule has 3 N–H and O–H groups in total. The highest BCUT2D eigenvalue weighted by Gasteiger charge is 2.17. The quantitative estimate of drug-likeness (QED) is 0.745. The molecule has 0 unspecified atom stereocenters. The van der Waals surface area contributed by atoms with E-state index in [4.69, 9.17) is 5.11 Å². The molecular weight excluding hydrogens is 302 g/mol. The summed E-state index contributed by atoms with van der Waals surface area (Å²) in [6, 6.07) is 9.60. The molecule has 118 valence electrons. The van der Waals surface area contributed by atoms with E-state index < -0.39 is 17.8 Å². The SMILES string of the molecule is COC(=O)c1ccc(NC(=O)c2ccccc2C(=O)O)cc1O. The molecule has 0 aliphatic heterocycles. The minimum Gasteiger partial charge on any atom is -0.507 e. The number of amides is 1. The highest BCUT2D eigenvalue weighted by molar-refractivity contribution is 6.10. The predicted molar refractivity (Wildman–Crippen MR) is 80.8 cm³/mol. The number of rotatable bonds is 4. The summed E-state index contributed by atoms with van der Waals surface area (Å²) in [5.41, 5.74) is 0.00807. The van der Waals surface area contributed by atoms with Gasteiger partial charge in [0.25, 0.3) is 5.91 Å². The lowest BCUT2D eigenvalue weighted by Crippen LogP contribution is -2.16. The Hall–Kier alpha value is -3.35. The van der Waals surface area contributed by atoms with Crippen molar-refractivity contribution < 1.29 is 29.3 Å². The monoisotopic (exact) mass is 315 g/mol. The van der Waals surface area contributed by atoms with Crippen molar-refractivity contribution in [2.24, 2.45) is 0 Å². The van der Waals surface area contributed by atoms with Crippen molar-refractivity contribution >= 4 is 23.5 Å². The van der Waals surface area contributed by atoms with Gasteiger partial charge in [-0.05, 0) is 24.3 Å². The molecule has 2 rings (SSSR count). The molecule has 0 saturated carbocycles. The highest BCUT2D eigenvalue weighted by atomic mass is 16.5. The number of benzene rings is 2. The second-order valence-electron chi connectivity index (χ2n) is 4.53. The number of carboxylic acid groups (broad SMARTS) is 1. The van der Waals surface area contributed by atoms with Gasteiger partial charge in [-0.2, -0.15) is 0 Å². The van der Waals surface area contributed by atoms with Gasteiger partial charge in [0.15, 0.2) is 0 Å². The average molecular weight is 315 g/mol. The number of ether oxygens (including phenoxy) is 1. The Bertz CT molecular complexity index is 784. The first-order valence-electron chi connectivity index (χ1n) is 6.49. The van der Waals surface area contributed by atoms with Gasteiger partial charge in [-0.1, -0.05) is 12.1 Å². The van der Waals surface area contributed by atoms with Crippen molar-refractivity contribution in [3.8, 4) is 5.75 Å². The molecule has 0 saturated heterocycles. The molecule has 0 bridgehead atoms. The van der Waals surface area contributed by atoms with Crippen molar-refractivity contribution in [2.75, 3.05) is 12.4 Å².